The third-order valence-electron chi connectivity index (χ3n) is 2.99. The van der Waals surface area contributed by atoms with Crippen LogP contribution in [0, 0.1) is 5.82 Å². The number of aromatic nitrogens is 3. The van der Waals surface area contributed by atoms with Crippen LogP contribution >= 0.6 is 0 Å². The third kappa shape index (κ3) is 2.26. The van der Waals surface area contributed by atoms with Crippen molar-refractivity contribution in [2.24, 2.45) is 7.05 Å². The van der Waals surface area contributed by atoms with Crippen LogP contribution in [0.2, 0.25) is 0 Å². The van der Waals surface area contributed by atoms with Gasteiger partial charge in [0.1, 0.15) is 5.82 Å². The van der Waals surface area contributed by atoms with Gasteiger partial charge in [0.2, 0.25) is 0 Å². The second-order valence-corrected chi connectivity index (χ2v) is 4.18. The van der Waals surface area contributed by atoms with Crippen molar-refractivity contribution in [1.29, 1.82) is 0 Å². The minimum atomic E-state index is -0.303. The summed E-state index contributed by atoms with van der Waals surface area (Å²) in [5, 5.41) is 7.53. The summed E-state index contributed by atoms with van der Waals surface area (Å²) in [7, 11) is 3.69. The molecule has 0 aliphatic heterocycles. The number of halogens is 1. The lowest BCUT2D eigenvalue weighted by Crippen LogP contribution is -2.19. The maximum Gasteiger partial charge on any atom is 0.146 e. The summed E-state index contributed by atoms with van der Waals surface area (Å²) in [6.45, 7) is 2.04. The number of hydrogen-bond acceptors (Lipinski definition) is 3. The molecule has 2 aromatic heterocycles. The summed E-state index contributed by atoms with van der Waals surface area (Å²) < 4.78 is 15.6. The van der Waals surface area contributed by atoms with Gasteiger partial charge in [0.05, 0.1) is 17.9 Å². The van der Waals surface area contributed by atoms with Gasteiger partial charge in [-0.05, 0) is 19.5 Å². The van der Waals surface area contributed by atoms with Crippen LogP contribution in [0.4, 0.5) is 4.39 Å². The van der Waals surface area contributed by atoms with Gasteiger partial charge in [0.25, 0.3) is 0 Å². The van der Waals surface area contributed by atoms with Crippen LogP contribution in [-0.4, -0.2) is 21.8 Å². The number of nitrogens with one attached hydrogen (secondary N) is 1. The van der Waals surface area contributed by atoms with Crippen molar-refractivity contribution in [3.8, 4) is 0 Å². The van der Waals surface area contributed by atoms with Gasteiger partial charge in [-0.1, -0.05) is 6.92 Å². The molecule has 0 fully saturated rings. The number of aryl methyl sites for hydroxylation is 2. The summed E-state index contributed by atoms with van der Waals surface area (Å²) in [6, 6.07) is 1.50. The van der Waals surface area contributed by atoms with E-state index in [1.807, 2.05) is 27.2 Å². The average Bonchev–Trinajstić information content (AvgIpc) is 2.74. The third-order valence-corrected chi connectivity index (χ3v) is 2.99. The maximum absolute atomic E-state index is 13.8. The molecule has 0 aromatic carbocycles. The molecule has 4 nitrogen and oxygen atoms in total. The predicted octanol–water partition coefficient (Wildman–Crippen LogP) is 1.83. The normalized spacial score (nSPS) is 12.7. The fourth-order valence-corrected chi connectivity index (χ4v) is 2.17. The quantitative estimate of drug-likeness (QED) is 0.897. The highest BCUT2D eigenvalue weighted by molar-refractivity contribution is 5.33. The molecule has 1 atom stereocenters. The molecule has 1 N–H and O–H groups in total. The minimum absolute atomic E-state index is 0.198. The zero-order valence-electron chi connectivity index (χ0n) is 10.8. The Bertz CT molecular complexity index is 536. The molecule has 0 spiro atoms. The van der Waals surface area contributed by atoms with Crippen LogP contribution in [0.5, 0.6) is 0 Å². The topological polar surface area (TPSA) is 42.7 Å². The highest BCUT2D eigenvalue weighted by atomic mass is 19.1. The first-order valence-electron chi connectivity index (χ1n) is 5.96. The molecule has 0 amide bonds. The summed E-state index contributed by atoms with van der Waals surface area (Å²) in [6.07, 6.45) is 5.59. The van der Waals surface area contributed by atoms with E-state index >= 15 is 0 Å². The molecule has 96 valence electrons. The fourth-order valence-electron chi connectivity index (χ4n) is 2.17. The Morgan fingerprint density at radius 1 is 1.44 bits per heavy atom. The lowest BCUT2D eigenvalue weighted by atomic mass is 9.99. The molecule has 2 aromatic rings. The SMILES string of the molecule is CCc1nn(C)cc1C(NC)c1ccncc1F. The van der Waals surface area contributed by atoms with Crippen molar-refractivity contribution in [3.63, 3.8) is 0 Å². The fraction of sp³-hybridized carbons (Fsp3) is 0.385. The minimum Gasteiger partial charge on any atom is -0.309 e. The van der Waals surface area contributed by atoms with E-state index in [-0.39, 0.29) is 11.9 Å². The van der Waals surface area contributed by atoms with E-state index in [4.69, 9.17) is 0 Å². The van der Waals surface area contributed by atoms with Gasteiger partial charge in [-0.15, -0.1) is 0 Å². The van der Waals surface area contributed by atoms with Gasteiger partial charge in [-0.2, -0.15) is 5.10 Å². The molecule has 0 aliphatic rings. The van der Waals surface area contributed by atoms with Gasteiger partial charge >= 0.3 is 0 Å². The van der Waals surface area contributed by atoms with Crippen molar-refractivity contribution >= 4 is 0 Å². The van der Waals surface area contributed by atoms with E-state index in [1.165, 1.54) is 6.20 Å². The first-order chi connectivity index (χ1) is 8.67. The summed E-state index contributed by atoms with van der Waals surface area (Å²) in [4.78, 5) is 3.78. The molecule has 1 unspecified atom stereocenters. The number of nitrogens with zero attached hydrogens (tertiary/aromatic N) is 3. The Balaban J connectivity index is 2.48. The molecule has 5 heteroatoms. The predicted molar refractivity (Wildman–Crippen MR) is 67.7 cm³/mol. The van der Waals surface area contributed by atoms with E-state index < -0.39 is 0 Å². The van der Waals surface area contributed by atoms with Crippen LogP contribution < -0.4 is 5.32 Å². The van der Waals surface area contributed by atoms with Crippen LogP contribution in [0.3, 0.4) is 0 Å². The largest absolute Gasteiger partial charge is 0.309 e. The van der Waals surface area contributed by atoms with Crippen molar-refractivity contribution in [2.75, 3.05) is 7.05 Å². The molecule has 2 rings (SSSR count). The van der Waals surface area contributed by atoms with Gasteiger partial charge in [0.15, 0.2) is 0 Å². The molecule has 0 saturated heterocycles. The van der Waals surface area contributed by atoms with Crippen LogP contribution in [0.1, 0.15) is 29.8 Å². The zero-order chi connectivity index (χ0) is 13.1. The second-order valence-electron chi connectivity index (χ2n) is 4.18. The molecule has 0 saturated carbocycles. The Morgan fingerprint density at radius 3 is 2.83 bits per heavy atom. The lowest BCUT2D eigenvalue weighted by molar-refractivity contribution is 0.569. The van der Waals surface area contributed by atoms with Gasteiger partial charge in [0, 0.05) is 30.6 Å². The summed E-state index contributed by atoms with van der Waals surface area (Å²) in [5.74, 6) is -0.303. The smallest absolute Gasteiger partial charge is 0.146 e. The van der Waals surface area contributed by atoms with Crippen LogP contribution in [0.15, 0.2) is 24.7 Å². The van der Waals surface area contributed by atoms with Crippen LogP contribution in [-0.2, 0) is 13.5 Å². The van der Waals surface area contributed by atoms with E-state index in [9.17, 15) is 4.39 Å². The van der Waals surface area contributed by atoms with E-state index in [0.717, 1.165) is 17.7 Å². The Labute approximate surface area is 106 Å². The Kier molecular flexibility index (Phi) is 3.72. The Hall–Kier alpha value is -1.75. The van der Waals surface area contributed by atoms with Gasteiger partial charge in [-0.25, -0.2) is 4.39 Å². The highest BCUT2D eigenvalue weighted by Crippen LogP contribution is 2.25. The van der Waals surface area contributed by atoms with Crippen molar-refractivity contribution in [1.82, 2.24) is 20.1 Å². The molecule has 0 bridgehead atoms. The number of hydrogen-bond donors (Lipinski definition) is 1. The van der Waals surface area contributed by atoms with Crippen molar-refractivity contribution in [3.05, 3.63) is 47.3 Å². The zero-order valence-corrected chi connectivity index (χ0v) is 10.8. The van der Waals surface area contributed by atoms with Gasteiger partial charge < -0.3 is 5.32 Å². The molecule has 0 radical (unpaired) electrons. The van der Waals surface area contributed by atoms with E-state index in [0.29, 0.717) is 5.56 Å². The highest BCUT2D eigenvalue weighted by Gasteiger charge is 2.20. The molecule has 0 aliphatic carbocycles. The van der Waals surface area contributed by atoms with Crippen molar-refractivity contribution in [2.45, 2.75) is 19.4 Å². The second kappa shape index (κ2) is 5.27. The average molecular weight is 248 g/mol. The van der Waals surface area contributed by atoms with E-state index in [1.54, 1.807) is 16.9 Å². The molecular formula is C13H17FN4. The molecular weight excluding hydrogens is 231 g/mol. The first kappa shape index (κ1) is 12.7. The summed E-state index contributed by atoms with van der Waals surface area (Å²) >= 11 is 0. The monoisotopic (exact) mass is 248 g/mol. The summed E-state index contributed by atoms with van der Waals surface area (Å²) in [5.41, 5.74) is 2.58. The lowest BCUT2D eigenvalue weighted by Gasteiger charge is -2.16. The molecule has 2 heterocycles. The Morgan fingerprint density at radius 2 is 2.22 bits per heavy atom. The standard InChI is InChI=1S/C13H17FN4/c1-4-12-10(8-18(3)17-12)13(15-2)9-5-6-16-7-11(9)14/h5-8,13,15H,4H2,1-3H3. The van der Waals surface area contributed by atoms with Gasteiger partial charge in [-0.3, -0.25) is 9.67 Å². The molecule has 18 heavy (non-hydrogen) atoms. The van der Waals surface area contributed by atoms with Crippen molar-refractivity contribution < 1.29 is 4.39 Å². The first-order valence-corrected chi connectivity index (χ1v) is 5.96. The van der Waals surface area contributed by atoms with E-state index in [2.05, 4.69) is 15.4 Å². The van der Waals surface area contributed by atoms with Crippen LogP contribution in [0.25, 0.3) is 0 Å². The number of pyridine rings is 1. The maximum atomic E-state index is 13.8. The number of rotatable bonds is 4.